The number of aromatic nitrogens is 1. The summed E-state index contributed by atoms with van der Waals surface area (Å²) in [5, 5.41) is 8.97. The first-order chi connectivity index (χ1) is 7.61. The Labute approximate surface area is 96.7 Å². The highest BCUT2D eigenvalue weighted by Crippen LogP contribution is 2.26. The van der Waals surface area contributed by atoms with Gasteiger partial charge in [0.1, 0.15) is 6.67 Å². The Morgan fingerprint density at radius 1 is 1.75 bits per heavy atom. The van der Waals surface area contributed by atoms with Crippen LogP contribution in [0.25, 0.3) is 0 Å². The van der Waals surface area contributed by atoms with Gasteiger partial charge in [0.25, 0.3) is 0 Å². The fourth-order valence-corrected chi connectivity index (χ4v) is 2.75. The number of alkyl halides is 1. The maximum absolute atomic E-state index is 12.5. The molecule has 4 nitrogen and oxygen atoms in total. The van der Waals surface area contributed by atoms with Crippen molar-refractivity contribution in [1.82, 2.24) is 9.88 Å². The highest BCUT2D eigenvalue weighted by molar-refractivity contribution is 7.13. The molecule has 6 heteroatoms. The molecule has 0 fully saturated rings. The molecule has 1 atom stereocenters. The highest BCUT2D eigenvalue weighted by atomic mass is 32.1. The van der Waals surface area contributed by atoms with E-state index in [-0.39, 0.29) is 17.7 Å². The SMILES string of the molecule is CC(CF)N1CCc2nc(C(=O)O)sc2C1. The molecule has 1 N–H and O–H groups in total. The smallest absolute Gasteiger partial charge is 0.365 e. The minimum absolute atomic E-state index is 0.108. The van der Waals surface area contributed by atoms with Gasteiger partial charge in [-0.15, -0.1) is 11.3 Å². The summed E-state index contributed by atoms with van der Waals surface area (Å²) < 4.78 is 12.5. The lowest BCUT2D eigenvalue weighted by atomic mass is 10.1. The van der Waals surface area contributed by atoms with Crippen LogP contribution in [0.4, 0.5) is 4.39 Å². The first-order valence-corrected chi connectivity index (χ1v) is 5.95. The fourth-order valence-electron chi connectivity index (χ4n) is 1.78. The Morgan fingerprint density at radius 2 is 2.50 bits per heavy atom. The quantitative estimate of drug-likeness (QED) is 0.876. The maximum atomic E-state index is 12.5. The normalized spacial score (nSPS) is 18.1. The summed E-state index contributed by atoms with van der Waals surface area (Å²) >= 11 is 1.20. The number of thiazole rings is 1. The Bertz CT molecular complexity index is 408. The number of carboxylic acid groups (broad SMARTS) is 1. The van der Waals surface area contributed by atoms with Crippen LogP contribution in [0, 0.1) is 0 Å². The molecule has 1 aromatic rings. The Hall–Kier alpha value is -1.01. The second kappa shape index (κ2) is 4.47. The van der Waals surface area contributed by atoms with Crippen LogP contribution in [0.1, 0.15) is 27.3 Å². The van der Waals surface area contributed by atoms with Crippen LogP contribution in [-0.2, 0) is 13.0 Å². The van der Waals surface area contributed by atoms with E-state index in [0.717, 1.165) is 17.1 Å². The number of halogens is 1. The second-order valence-electron chi connectivity index (χ2n) is 3.92. The number of carboxylic acids is 1. The first-order valence-electron chi connectivity index (χ1n) is 5.13. The Balaban J connectivity index is 2.17. The van der Waals surface area contributed by atoms with Crippen molar-refractivity contribution in [2.45, 2.75) is 25.9 Å². The zero-order valence-electron chi connectivity index (χ0n) is 8.94. The van der Waals surface area contributed by atoms with Gasteiger partial charge in [-0.05, 0) is 6.92 Å². The molecule has 0 aliphatic carbocycles. The van der Waals surface area contributed by atoms with Crippen LogP contribution >= 0.6 is 11.3 Å². The molecule has 1 unspecified atom stereocenters. The molecule has 1 aliphatic rings. The van der Waals surface area contributed by atoms with Crippen LogP contribution in [0.3, 0.4) is 0 Å². The van der Waals surface area contributed by atoms with Gasteiger partial charge in [0.2, 0.25) is 5.01 Å². The maximum Gasteiger partial charge on any atom is 0.365 e. The van der Waals surface area contributed by atoms with Crippen LogP contribution in [0.15, 0.2) is 0 Å². The zero-order chi connectivity index (χ0) is 11.7. The third-order valence-electron chi connectivity index (χ3n) is 2.79. The molecule has 0 bridgehead atoms. The van der Waals surface area contributed by atoms with Crippen LogP contribution in [0.2, 0.25) is 0 Å². The van der Waals surface area contributed by atoms with Gasteiger partial charge in [0.15, 0.2) is 0 Å². The molecule has 88 valence electrons. The van der Waals surface area contributed by atoms with Gasteiger partial charge in [-0.2, -0.15) is 0 Å². The predicted octanol–water partition coefficient (Wildman–Crippen LogP) is 1.56. The molecule has 0 aromatic carbocycles. The van der Waals surface area contributed by atoms with Crippen molar-refractivity contribution in [3.63, 3.8) is 0 Å². The molecule has 1 aliphatic heterocycles. The van der Waals surface area contributed by atoms with Crippen LogP contribution < -0.4 is 0 Å². The molecular weight excluding hydrogens is 231 g/mol. The number of nitrogens with zero attached hydrogens (tertiary/aromatic N) is 2. The monoisotopic (exact) mass is 244 g/mol. The summed E-state index contributed by atoms with van der Waals surface area (Å²) in [6, 6.07) is -0.108. The minimum Gasteiger partial charge on any atom is -0.476 e. The van der Waals surface area contributed by atoms with Gasteiger partial charge >= 0.3 is 5.97 Å². The molecule has 0 radical (unpaired) electrons. The van der Waals surface area contributed by atoms with Gasteiger partial charge in [-0.3, -0.25) is 4.90 Å². The topological polar surface area (TPSA) is 53.4 Å². The van der Waals surface area contributed by atoms with Crippen LogP contribution in [-0.4, -0.2) is 40.2 Å². The van der Waals surface area contributed by atoms with Gasteiger partial charge < -0.3 is 5.11 Å². The molecule has 0 amide bonds. The van der Waals surface area contributed by atoms with Crippen molar-refractivity contribution in [3.05, 3.63) is 15.6 Å². The molecular formula is C10H13FN2O2S. The van der Waals surface area contributed by atoms with Gasteiger partial charge in [-0.25, -0.2) is 14.2 Å². The fraction of sp³-hybridized carbons (Fsp3) is 0.600. The van der Waals surface area contributed by atoms with E-state index in [1.807, 2.05) is 11.8 Å². The summed E-state index contributed by atoms with van der Waals surface area (Å²) in [6.07, 6.45) is 0.712. The highest BCUT2D eigenvalue weighted by Gasteiger charge is 2.25. The number of hydrogen-bond acceptors (Lipinski definition) is 4. The number of aromatic carboxylic acids is 1. The summed E-state index contributed by atoms with van der Waals surface area (Å²) in [4.78, 5) is 17.8. The third kappa shape index (κ3) is 2.08. The van der Waals surface area contributed by atoms with Crippen molar-refractivity contribution in [1.29, 1.82) is 0 Å². The lowest BCUT2D eigenvalue weighted by Crippen LogP contribution is -2.38. The molecule has 0 saturated carbocycles. The van der Waals surface area contributed by atoms with E-state index in [0.29, 0.717) is 13.0 Å². The number of fused-ring (bicyclic) bond motifs is 1. The average molecular weight is 244 g/mol. The van der Waals surface area contributed by atoms with Crippen LogP contribution in [0.5, 0.6) is 0 Å². The first kappa shape index (κ1) is 11.5. The predicted molar refractivity (Wildman–Crippen MR) is 58.6 cm³/mol. The second-order valence-corrected chi connectivity index (χ2v) is 5.00. The van der Waals surface area contributed by atoms with Gasteiger partial charge in [-0.1, -0.05) is 0 Å². The van der Waals surface area contributed by atoms with E-state index in [1.54, 1.807) is 0 Å². The minimum atomic E-state index is -0.982. The van der Waals surface area contributed by atoms with Crippen molar-refractivity contribution < 1.29 is 14.3 Å². The van der Waals surface area contributed by atoms with E-state index in [2.05, 4.69) is 4.98 Å². The number of rotatable bonds is 3. The van der Waals surface area contributed by atoms with Gasteiger partial charge in [0.05, 0.1) is 5.69 Å². The summed E-state index contributed by atoms with van der Waals surface area (Å²) in [7, 11) is 0. The molecule has 16 heavy (non-hydrogen) atoms. The lowest BCUT2D eigenvalue weighted by molar-refractivity contribution is 0.0696. The van der Waals surface area contributed by atoms with Gasteiger partial charge in [0, 0.05) is 30.4 Å². The summed E-state index contributed by atoms with van der Waals surface area (Å²) in [6.45, 7) is 2.83. The van der Waals surface area contributed by atoms with Crippen molar-refractivity contribution in [3.8, 4) is 0 Å². The molecule has 0 spiro atoms. The molecule has 1 aromatic heterocycles. The van der Waals surface area contributed by atoms with Crippen molar-refractivity contribution in [2.75, 3.05) is 13.2 Å². The number of carbonyl (C=O) groups is 1. The lowest BCUT2D eigenvalue weighted by Gasteiger charge is -2.29. The molecule has 2 heterocycles. The van der Waals surface area contributed by atoms with Crippen molar-refractivity contribution in [2.24, 2.45) is 0 Å². The Kier molecular flexibility index (Phi) is 3.20. The van der Waals surface area contributed by atoms with E-state index >= 15 is 0 Å². The summed E-state index contributed by atoms with van der Waals surface area (Å²) in [5.74, 6) is -0.982. The van der Waals surface area contributed by atoms with E-state index in [1.165, 1.54) is 11.3 Å². The molecule has 0 saturated heterocycles. The Morgan fingerprint density at radius 3 is 3.12 bits per heavy atom. The average Bonchev–Trinajstić information content (AvgIpc) is 2.70. The standard InChI is InChI=1S/C10H13FN2O2S/c1-6(4-11)13-3-2-7-8(5-13)16-9(12-7)10(14)15/h6H,2-5H2,1H3,(H,14,15). The third-order valence-corrected chi connectivity index (χ3v) is 3.86. The molecule has 2 rings (SSSR count). The van der Waals surface area contributed by atoms with E-state index in [9.17, 15) is 9.18 Å². The van der Waals surface area contributed by atoms with Crippen molar-refractivity contribution >= 4 is 17.3 Å². The van der Waals surface area contributed by atoms with E-state index < -0.39 is 5.97 Å². The van der Waals surface area contributed by atoms with E-state index in [4.69, 9.17) is 5.11 Å². The number of hydrogen-bond donors (Lipinski definition) is 1. The zero-order valence-corrected chi connectivity index (χ0v) is 9.76. The largest absolute Gasteiger partial charge is 0.476 e. The summed E-state index contributed by atoms with van der Waals surface area (Å²) in [5.41, 5.74) is 0.865.